The highest BCUT2D eigenvalue weighted by molar-refractivity contribution is 7.89. The summed E-state index contributed by atoms with van der Waals surface area (Å²) >= 11 is 0. The van der Waals surface area contributed by atoms with Crippen LogP contribution in [0.15, 0.2) is 29.2 Å². The van der Waals surface area contributed by atoms with E-state index in [1.165, 1.54) is 44.9 Å². The summed E-state index contributed by atoms with van der Waals surface area (Å²) in [7, 11) is 1.96. The second-order valence-corrected chi connectivity index (χ2v) is 11.8. The number of nitrogens with one attached hydrogen (secondary N) is 1. The van der Waals surface area contributed by atoms with Gasteiger partial charge in [-0.15, -0.1) is 0 Å². The first kappa shape index (κ1) is 34.8. The molecule has 1 aromatic rings. The van der Waals surface area contributed by atoms with Crippen molar-refractivity contribution in [1.82, 2.24) is 4.72 Å². The number of hydrogen-bond donors (Lipinski definition) is 2. The molecule has 0 aliphatic heterocycles. The molecule has 214 valence electrons. The van der Waals surface area contributed by atoms with Gasteiger partial charge in [-0.3, -0.25) is 4.79 Å². The summed E-state index contributed by atoms with van der Waals surface area (Å²) in [6, 6.07) is 6.30. The van der Waals surface area contributed by atoms with Crippen LogP contribution in [0.2, 0.25) is 0 Å². The number of rotatable bonds is 16. The Kier molecular flexibility index (Phi) is 15.6. The molecule has 2 N–H and O–H groups in total. The molecule has 8 nitrogen and oxygen atoms in total. The number of unbranched alkanes of at least 4 members (excludes halogenated alkanes) is 7. The number of carboxylic acid groups (broad SMARTS) is 2. The lowest BCUT2D eigenvalue weighted by Crippen LogP contribution is -2.49. The monoisotopic (exact) mass is 554 g/mol. The van der Waals surface area contributed by atoms with Crippen LogP contribution >= 0.6 is 0 Å². The van der Waals surface area contributed by atoms with Crippen molar-refractivity contribution in [2.24, 2.45) is 0 Å². The number of hydrogen-bond acceptors (Lipinski definition) is 5. The Morgan fingerprint density at radius 1 is 0.973 bits per heavy atom. The van der Waals surface area contributed by atoms with E-state index < -0.39 is 34.2 Å². The van der Waals surface area contributed by atoms with Gasteiger partial charge >= 0.3 is 12.1 Å². The molecule has 0 saturated carbocycles. The minimum absolute atomic E-state index is 0.180. The lowest BCUT2D eigenvalue weighted by molar-refractivity contribution is -0.871. The van der Waals surface area contributed by atoms with Crippen LogP contribution in [0.5, 0.6) is 0 Å². The Balaban J connectivity index is 0.00000161. The molecule has 0 fully saturated rings. The molecule has 1 aromatic carbocycles. The first-order valence-corrected chi connectivity index (χ1v) is 13.9. The van der Waals surface area contributed by atoms with Gasteiger partial charge in [0.05, 0.1) is 45.0 Å². The van der Waals surface area contributed by atoms with E-state index in [1.54, 1.807) is 12.1 Å². The molecule has 1 rings (SSSR count). The highest BCUT2D eigenvalue weighted by atomic mass is 32.2. The molecule has 0 radical (unpaired) electrons. The predicted molar refractivity (Wildman–Crippen MR) is 133 cm³/mol. The zero-order valence-electron chi connectivity index (χ0n) is 22.1. The third-order valence-electron chi connectivity index (χ3n) is 5.30. The Morgan fingerprint density at radius 2 is 1.43 bits per heavy atom. The topological polar surface area (TPSA) is 124 Å². The smallest absolute Gasteiger partial charge is 0.430 e. The standard InChI is InChI=1S/C23H40N2O4S.C2HF3O2/c1-5-6-7-8-9-10-11-12-13-20-14-16-22(17-15-20)30(28,29)24-21(18-23(26)27)19-25(2,3)4;3-2(4,5)1(6)7/h14-17,21,24H,5-13,18-19H2,1-4H3;(H,6,7)/t21-;/m1./s1. The van der Waals surface area contributed by atoms with E-state index in [0.29, 0.717) is 11.0 Å². The van der Waals surface area contributed by atoms with Gasteiger partial charge in [0.25, 0.3) is 0 Å². The van der Waals surface area contributed by atoms with E-state index in [0.717, 1.165) is 18.4 Å². The number of aryl methyl sites for hydroxylation is 1. The highest BCUT2D eigenvalue weighted by Crippen LogP contribution is 2.16. The van der Waals surface area contributed by atoms with Crippen LogP contribution in [0.4, 0.5) is 13.2 Å². The van der Waals surface area contributed by atoms with Crippen molar-refractivity contribution >= 4 is 22.0 Å². The molecule has 0 heterocycles. The van der Waals surface area contributed by atoms with Gasteiger partial charge in [-0.05, 0) is 30.5 Å². The van der Waals surface area contributed by atoms with Crippen LogP contribution < -0.4 is 9.83 Å². The van der Waals surface area contributed by atoms with Crippen molar-refractivity contribution in [3.05, 3.63) is 29.8 Å². The molecule has 12 heteroatoms. The average molecular weight is 555 g/mol. The number of nitrogens with zero attached hydrogens (tertiary/aromatic N) is 1. The summed E-state index contributed by atoms with van der Waals surface area (Å²) in [5, 5.41) is 17.9. The van der Waals surface area contributed by atoms with Crippen molar-refractivity contribution in [3.8, 4) is 0 Å². The average Bonchev–Trinajstić information content (AvgIpc) is 2.73. The summed E-state index contributed by atoms with van der Waals surface area (Å²) in [5.74, 6) is -4.02. The normalized spacial score (nSPS) is 12.9. The first-order chi connectivity index (χ1) is 17.0. The van der Waals surface area contributed by atoms with Crippen molar-refractivity contribution in [1.29, 1.82) is 0 Å². The van der Waals surface area contributed by atoms with Crippen LogP contribution in [0.1, 0.15) is 70.3 Å². The van der Waals surface area contributed by atoms with Gasteiger partial charge < -0.3 is 19.5 Å². The molecule has 0 unspecified atom stereocenters. The van der Waals surface area contributed by atoms with E-state index in [-0.39, 0.29) is 11.3 Å². The van der Waals surface area contributed by atoms with Crippen molar-refractivity contribution in [2.45, 2.75) is 88.2 Å². The molecule has 0 amide bonds. The van der Waals surface area contributed by atoms with Gasteiger partial charge in [-0.1, -0.05) is 64.0 Å². The minimum Gasteiger partial charge on any atom is -0.542 e. The third kappa shape index (κ3) is 17.8. The number of aliphatic carboxylic acids is 2. The molecular weight excluding hydrogens is 513 g/mol. The fourth-order valence-electron chi connectivity index (χ4n) is 3.60. The van der Waals surface area contributed by atoms with Crippen LogP contribution in [-0.4, -0.2) is 69.9 Å². The SMILES string of the molecule is CCCCCCCCCCc1ccc(S(=O)(=O)N[C@H](CC(=O)O)C[N+](C)(C)C)cc1.O=C([O-])C(F)(F)F. The summed E-state index contributed by atoms with van der Waals surface area (Å²) in [6.45, 7) is 2.62. The number of benzene rings is 1. The maximum absolute atomic E-state index is 12.7. The summed E-state index contributed by atoms with van der Waals surface area (Å²) in [4.78, 5) is 20.1. The van der Waals surface area contributed by atoms with Gasteiger partial charge in [-0.2, -0.15) is 13.2 Å². The van der Waals surface area contributed by atoms with Crippen molar-refractivity contribution in [2.75, 3.05) is 27.7 Å². The van der Waals surface area contributed by atoms with Gasteiger partial charge in [0.1, 0.15) is 5.97 Å². The first-order valence-electron chi connectivity index (χ1n) is 12.4. The molecule has 0 aliphatic rings. The van der Waals surface area contributed by atoms with Crippen molar-refractivity contribution < 1.29 is 45.9 Å². The Morgan fingerprint density at radius 3 is 1.84 bits per heavy atom. The highest BCUT2D eigenvalue weighted by Gasteiger charge is 2.29. The Bertz CT molecular complexity index is 914. The zero-order valence-corrected chi connectivity index (χ0v) is 23.0. The van der Waals surface area contributed by atoms with E-state index in [9.17, 15) is 26.4 Å². The van der Waals surface area contributed by atoms with E-state index in [1.807, 2.05) is 33.3 Å². The number of carbonyl (C=O) groups excluding carboxylic acids is 1. The van der Waals surface area contributed by atoms with Gasteiger partial charge in [-0.25, -0.2) is 13.1 Å². The molecule has 0 aliphatic carbocycles. The second-order valence-electron chi connectivity index (χ2n) is 10.0. The lowest BCUT2D eigenvalue weighted by Gasteiger charge is -2.29. The lowest BCUT2D eigenvalue weighted by atomic mass is 10.0. The molecule has 1 atom stereocenters. The van der Waals surface area contributed by atoms with Gasteiger partial charge in [0.15, 0.2) is 0 Å². The Hall–Kier alpha value is -2.18. The number of carboxylic acids is 2. The quantitative estimate of drug-likeness (QED) is 0.238. The van der Waals surface area contributed by atoms with Crippen molar-refractivity contribution in [3.63, 3.8) is 0 Å². The number of likely N-dealkylation sites (N-methyl/N-ethyl adjacent to an activating group) is 1. The van der Waals surface area contributed by atoms with Crippen LogP contribution in [0.3, 0.4) is 0 Å². The fourth-order valence-corrected chi connectivity index (χ4v) is 4.83. The minimum atomic E-state index is -5.19. The van der Waals surface area contributed by atoms with E-state index in [4.69, 9.17) is 15.0 Å². The maximum Gasteiger partial charge on any atom is 0.430 e. The largest absolute Gasteiger partial charge is 0.542 e. The maximum atomic E-state index is 12.7. The number of halogens is 3. The molecule has 0 bridgehead atoms. The second kappa shape index (κ2) is 16.6. The van der Waals surface area contributed by atoms with Crippen LogP contribution in [0, 0.1) is 0 Å². The molecular formula is C25H41F3N2O6S. The molecule has 0 saturated heterocycles. The fraction of sp³-hybridized carbons (Fsp3) is 0.680. The number of sulfonamides is 1. The third-order valence-corrected chi connectivity index (χ3v) is 6.83. The summed E-state index contributed by atoms with van der Waals surface area (Å²) in [6.07, 6.45) is 5.65. The summed E-state index contributed by atoms with van der Waals surface area (Å²) < 4.78 is 60.0. The van der Waals surface area contributed by atoms with Gasteiger partial charge in [0.2, 0.25) is 10.0 Å². The predicted octanol–water partition coefficient (Wildman–Crippen LogP) is 3.50. The van der Waals surface area contributed by atoms with E-state index in [2.05, 4.69) is 11.6 Å². The van der Waals surface area contributed by atoms with Crippen LogP contribution in [-0.2, 0) is 26.0 Å². The molecule has 37 heavy (non-hydrogen) atoms. The molecule has 0 aromatic heterocycles. The zero-order chi connectivity index (χ0) is 28.7. The van der Waals surface area contributed by atoms with E-state index >= 15 is 0 Å². The number of quaternary nitrogens is 1. The summed E-state index contributed by atoms with van der Waals surface area (Å²) in [5.41, 5.74) is 1.13. The number of carbonyl (C=O) groups is 2. The molecule has 0 spiro atoms. The number of alkyl halides is 3. The van der Waals surface area contributed by atoms with Gasteiger partial charge in [0, 0.05) is 0 Å². The Labute approximate surface area is 218 Å². The van der Waals surface area contributed by atoms with Crippen LogP contribution in [0.25, 0.3) is 0 Å².